The second-order valence-electron chi connectivity index (χ2n) is 6.56. The summed E-state index contributed by atoms with van der Waals surface area (Å²) in [6, 6.07) is 10.2. The van der Waals surface area contributed by atoms with Crippen molar-refractivity contribution in [3.8, 4) is 0 Å². The summed E-state index contributed by atoms with van der Waals surface area (Å²) in [7, 11) is 0. The summed E-state index contributed by atoms with van der Waals surface area (Å²) in [5.41, 5.74) is 4.52. The van der Waals surface area contributed by atoms with Crippen LogP contribution in [0.2, 0.25) is 0 Å². The largest absolute Gasteiger partial charge is 0.440 e. The molecule has 3 aromatic rings. The van der Waals surface area contributed by atoms with Gasteiger partial charge in [-0.3, -0.25) is 4.79 Å². The highest BCUT2D eigenvalue weighted by Crippen LogP contribution is 2.34. The third-order valence-electron chi connectivity index (χ3n) is 4.62. The molecule has 1 unspecified atom stereocenters. The van der Waals surface area contributed by atoms with Gasteiger partial charge in [-0.05, 0) is 48.7 Å². The minimum absolute atomic E-state index is 0.0588. The molecule has 0 fully saturated rings. The summed E-state index contributed by atoms with van der Waals surface area (Å²) >= 11 is 3.58. The average molecular weight is 402 g/mol. The van der Waals surface area contributed by atoms with Crippen molar-refractivity contribution in [2.45, 2.75) is 31.8 Å². The Bertz CT molecular complexity index is 1040. The lowest BCUT2D eigenvalue weighted by Crippen LogP contribution is -2.17. The van der Waals surface area contributed by atoms with E-state index in [2.05, 4.69) is 15.9 Å². The summed E-state index contributed by atoms with van der Waals surface area (Å²) in [4.78, 5) is 14.7. The van der Waals surface area contributed by atoms with Crippen molar-refractivity contribution >= 4 is 32.8 Å². The van der Waals surface area contributed by atoms with Crippen LogP contribution in [0.15, 0.2) is 45.6 Å². The van der Waals surface area contributed by atoms with Gasteiger partial charge in [0.1, 0.15) is 11.4 Å². The molecule has 4 rings (SSSR count). The summed E-state index contributed by atoms with van der Waals surface area (Å²) in [6.07, 6.45) is 0. The Morgan fingerprint density at radius 2 is 1.92 bits per heavy atom. The van der Waals surface area contributed by atoms with E-state index in [-0.39, 0.29) is 16.1 Å². The van der Waals surface area contributed by atoms with E-state index in [0.717, 1.165) is 22.3 Å². The van der Waals surface area contributed by atoms with Crippen LogP contribution in [0, 0.1) is 12.7 Å². The molecular formula is C20H17BrFNO2. The minimum atomic E-state index is -0.244. The zero-order chi connectivity index (χ0) is 17.7. The highest BCUT2D eigenvalue weighted by Gasteiger charge is 2.23. The zero-order valence-electron chi connectivity index (χ0n) is 14.0. The SMILES string of the molecule is Cc1cc(C(C)Br)c2oc(N3Cc4ccc(F)cc4C3)cc(=O)c2c1. The van der Waals surface area contributed by atoms with Crippen LogP contribution < -0.4 is 10.3 Å². The molecule has 2 aromatic carbocycles. The molecule has 0 spiro atoms. The van der Waals surface area contributed by atoms with E-state index in [4.69, 9.17) is 4.42 Å². The van der Waals surface area contributed by atoms with Gasteiger partial charge in [0.25, 0.3) is 0 Å². The lowest BCUT2D eigenvalue weighted by Gasteiger charge is -2.17. The van der Waals surface area contributed by atoms with E-state index >= 15 is 0 Å². The molecule has 1 aliphatic heterocycles. The van der Waals surface area contributed by atoms with Crippen molar-refractivity contribution < 1.29 is 8.81 Å². The molecule has 0 saturated carbocycles. The maximum absolute atomic E-state index is 13.4. The number of nitrogens with zero attached hydrogens (tertiary/aromatic N) is 1. The number of benzene rings is 2. The quantitative estimate of drug-likeness (QED) is 0.552. The molecule has 1 atom stereocenters. The Morgan fingerprint density at radius 1 is 1.16 bits per heavy atom. The molecule has 3 nitrogen and oxygen atoms in total. The number of hydrogen-bond acceptors (Lipinski definition) is 3. The van der Waals surface area contributed by atoms with Crippen molar-refractivity contribution in [2.24, 2.45) is 0 Å². The Hall–Kier alpha value is -2.14. The molecule has 0 N–H and O–H groups in total. The normalized spacial score (nSPS) is 14.8. The van der Waals surface area contributed by atoms with Crippen molar-refractivity contribution in [1.82, 2.24) is 0 Å². The molecule has 0 saturated heterocycles. The minimum Gasteiger partial charge on any atom is -0.440 e. The standard InChI is InChI=1S/C20H17BrFNO2/c1-11-5-16(12(2)21)20-17(6-11)18(24)8-19(25-20)23-9-13-3-4-15(22)7-14(13)10-23/h3-8,12H,9-10H2,1-2H3. The van der Waals surface area contributed by atoms with E-state index < -0.39 is 0 Å². The van der Waals surface area contributed by atoms with E-state index in [0.29, 0.717) is 29.9 Å². The van der Waals surface area contributed by atoms with E-state index in [9.17, 15) is 9.18 Å². The van der Waals surface area contributed by atoms with Crippen LogP contribution in [0.5, 0.6) is 0 Å². The second kappa shape index (κ2) is 5.99. The molecule has 25 heavy (non-hydrogen) atoms. The number of aryl methyl sites for hydroxylation is 1. The van der Waals surface area contributed by atoms with Gasteiger partial charge in [0, 0.05) is 29.5 Å². The molecule has 1 aromatic heterocycles. The highest BCUT2D eigenvalue weighted by atomic mass is 79.9. The topological polar surface area (TPSA) is 33.5 Å². The Labute approximate surface area is 153 Å². The predicted octanol–water partition coefficient (Wildman–Crippen LogP) is 5.22. The monoisotopic (exact) mass is 401 g/mol. The third-order valence-corrected chi connectivity index (χ3v) is 5.11. The van der Waals surface area contributed by atoms with Crippen LogP contribution in [0.4, 0.5) is 10.3 Å². The number of fused-ring (bicyclic) bond motifs is 2. The first-order chi connectivity index (χ1) is 11.9. The maximum atomic E-state index is 13.4. The molecule has 0 amide bonds. The van der Waals surface area contributed by atoms with E-state index in [1.807, 2.05) is 30.9 Å². The van der Waals surface area contributed by atoms with E-state index in [1.54, 1.807) is 12.1 Å². The fraction of sp³-hybridized carbons (Fsp3) is 0.250. The van der Waals surface area contributed by atoms with Gasteiger partial charge in [0.05, 0.1) is 5.39 Å². The lowest BCUT2D eigenvalue weighted by atomic mass is 10.0. The molecule has 1 aliphatic rings. The number of rotatable bonds is 2. The van der Waals surface area contributed by atoms with Crippen LogP contribution in [0.1, 0.15) is 34.0 Å². The number of anilines is 1. The first-order valence-electron chi connectivity index (χ1n) is 8.17. The second-order valence-corrected chi connectivity index (χ2v) is 7.94. The predicted molar refractivity (Wildman–Crippen MR) is 101 cm³/mol. The summed E-state index contributed by atoms with van der Waals surface area (Å²) in [6.45, 7) is 5.12. The lowest BCUT2D eigenvalue weighted by molar-refractivity contribution is 0.572. The van der Waals surface area contributed by atoms with Gasteiger partial charge in [0.15, 0.2) is 5.43 Å². The molecule has 128 valence electrons. The van der Waals surface area contributed by atoms with Crippen molar-refractivity contribution in [3.05, 3.63) is 74.7 Å². The van der Waals surface area contributed by atoms with Gasteiger partial charge in [0.2, 0.25) is 5.88 Å². The molecule has 0 radical (unpaired) electrons. The third kappa shape index (κ3) is 2.86. The summed E-state index contributed by atoms with van der Waals surface area (Å²) in [5, 5.41) is 0.591. The van der Waals surface area contributed by atoms with Crippen molar-refractivity contribution in [1.29, 1.82) is 0 Å². The van der Waals surface area contributed by atoms with Gasteiger partial charge in [-0.2, -0.15) is 0 Å². The Morgan fingerprint density at radius 3 is 2.68 bits per heavy atom. The molecule has 2 heterocycles. The first-order valence-corrected chi connectivity index (χ1v) is 9.08. The molecule has 0 bridgehead atoms. The van der Waals surface area contributed by atoms with Gasteiger partial charge in [-0.15, -0.1) is 0 Å². The fourth-order valence-electron chi connectivity index (χ4n) is 3.39. The zero-order valence-corrected chi connectivity index (χ0v) is 15.6. The Balaban J connectivity index is 1.83. The van der Waals surface area contributed by atoms with Crippen molar-refractivity contribution in [2.75, 3.05) is 4.90 Å². The number of hydrogen-bond donors (Lipinski definition) is 0. The van der Waals surface area contributed by atoms with Crippen LogP contribution >= 0.6 is 15.9 Å². The molecule has 0 aliphatic carbocycles. The molecular weight excluding hydrogens is 385 g/mol. The summed E-state index contributed by atoms with van der Waals surface area (Å²) in [5.74, 6) is 0.277. The van der Waals surface area contributed by atoms with Crippen molar-refractivity contribution in [3.63, 3.8) is 0 Å². The van der Waals surface area contributed by atoms with Crippen LogP contribution in [0.3, 0.4) is 0 Å². The smallest absolute Gasteiger partial charge is 0.200 e. The highest BCUT2D eigenvalue weighted by molar-refractivity contribution is 9.09. The first kappa shape index (κ1) is 16.3. The van der Waals surface area contributed by atoms with E-state index in [1.165, 1.54) is 12.1 Å². The molecule has 5 heteroatoms. The maximum Gasteiger partial charge on any atom is 0.200 e. The number of halogens is 2. The van der Waals surface area contributed by atoms with Crippen LogP contribution in [-0.4, -0.2) is 0 Å². The van der Waals surface area contributed by atoms with Gasteiger partial charge >= 0.3 is 0 Å². The fourth-order valence-corrected chi connectivity index (χ4v) is 3.73. The summed E-state index contributed by atoms with van der Waals surface area (Å²) < 4.78 is 19.6. The van der Waals surface area contributed by atoms with Crippen LogP contribution in [-0.2, 0) is 13.1 Å². The van der Waals surface area contributed by atoms with Gasteiger partial charge in [-0.1, -0.05) is 28.1 Å². The number of alkyl halides is 1. The average Bonchev–Trinajstić information content (AvgIpc) is 2.97. The van der Waals surface area contributed by atoms with Gasteiger partial charge < -0.3 is 9.32 Å². The van der Waals surface area contributed by atoms with Gasteiger partial charge in [-0.25, -0.2) is 4.39 Å². The Kier molecular flexibility index (Phi) is 3.91. The van der Waals surface area contributed by atoms with Crippen LogP contribution in [0.25, 0.3) is 11.0 Å².